The van der Waals surface area contributed by atoms with E-state index in [4.69, 9.17) is 0 Å². The van der Waals surface area contributed by atoms with Crippen molar-refractivity contribution in [3.05, 3.63) is 35.7 Å². The van der Waals surface area contributed by atoms with Crippen molar-refractivity contribution in [2.45, 2.75) is 44.8 Å². The molecule has 0 bridgehead atoms. The van der Waals surface area contributed by atoms with Gasteiger partial charge in [0, 0.05) is 43.9 Å². The monoisotopic (exact) mass is 341 g/mol. The minimum Gasteiger partial charge on any atom is -0.338 e. The van der Waals surface area contributed by atoms with E-state index < -0.39 is 11.9 Å². The Balaban J connectivity index is 1.59. The zero-order valence-electron chi connectivity index (χ0n) is 13.7. The SMILES string of the molecule is CCn1nccc1CCN1CCC[C@@H](c2ncc(C(F)(F)F)[nH]2)C1. The predicted molar refractivity (Wildman–Crippen MR) is 83.6 cm³/mol. The fourth-order valence-electron chi connectivity index (χ4n) is 3.30. The number of piperidine rings is 1. The molecule has 132 valence electrons. The quantitative estimate of drug-likeness (QED) is 0.909. The van der Waals surface area contributed by atoms with Crippen molar-refractivity contribution in [3.8, 4) is 0 Å². The molecule has 0 saturated carbocycles. The number of imidazole rings is 1. The van der Waals surface area contributed by atoms with Crippen LogP contribution in [0.4, 0.5) is 13.2 Å². The Morgan fingerprint density at radius 3 is 2.92 bits per heavy atom. The molecule has 1 aliphatic rings. The van der Waals surface area contributed by atoms with Crippen LogP contribution in [0.1, 0.15) is 42.9 Å². The Bertz CT molecular complexity index is 661. The van der Waals surface area contributed by atoms with Crippen molar-refractivity contribution in [2.24, 2.45) is 0 Å². The predicted octanol–water partition coefficient (Wildman–Crippen LogP) is 3.07. The molecule has 1 fully saturated rings. The highest BCUT2D eigenvalue weighted by atomic mass is 19.4. The van der Waals surface area contributed by atoms with Crippen molar-refractivity contribution in [3.63, 3.8) is 0 Å². The van der Waals surface area contributed by atoms with E-state index >= 15 is 0 Å². The van der Waals surface area contributed by atoms with Crippen LogP contribution in [0.15, 0.2) is 18.5 Å². The van der Waals surface area contributed by atoms with Gasteiger partial charge in [-0.15, -0.1) is 0 Å². The third-order valence-corrected chi connectivity index (χ3v) is 4.58. The molecule has 0 radical (unpaired) electrons. The van der Waals surface area contributed by atoms with Gasteiger partial charge < -0.3 is 9.88 Å². The third-order valence-electron chi connectivity index (χ3n) is 4.58. The molecule has 1 atom stereocenters. The lowest BCUT2D eigenvalue weighted by Gasteiger charge is -2.31. The summed E-state index contributed by atoms with van der Waals surface area (Å²) < 4.78 is 40.1. The molecule has 24 heavy (non-hydrogen) atoms. The zero-order valence-corrected chi connectivity index (χ0v) is 13.7. The number of aromatic nitrogens is 4. The first-order valence-corrected chi connectivity index (χ1v) is 8.32. The van der Waals surface area contributed by atoms with E-state index in [0.29, 0.717) is 5.82 Å². The van der Waals surface area contributed by atoms with E-state index in [9.17, 15) is 13.2 Å². The summed E-state index contributed by atoms with van der Waals surface area (Å²) in [7, 11) is 0. The molecule has 5 nitrogen and oxygen atoms in total. The minimum absolute atomic E-state index is 0.0333. The van der Waals surface area contributed by atoms with E-state index in [0.717, 1.165) is 51.6 Å². The van der Waals surface area contributed by atoms with E-state index in [2.05, 4.69) is 26.9 Å². The second kappa shape index (κ2) is 6.96. The van der Waals surface area contributed by atoms with Crippen molar-refractivity contribution in [1.82, 2.24) is 24.6 Å². The summed E-state index contributed by atoms with van der Waals surface area (Å²) in [6.45, 7) is 5.50. The van der Waals surface area contributed by atoms with Gasteiger partial charge in [0.1, 0.15) is 11.5 Å². The van der Waals surface area contributed by atoms with Gasteiger partial charge in [-0.05, 0) is 32.4 Å². The number of nitrogens with one attached hydrogen (secondary N) is 1. The topological polar surface area (TPSA) is 49.7 Å². The molecule has 8 heteroatoms. The standard InChI is InChI=1S/C16H22F3N5/c1-2-24-13(5-7-21-24)6-9-23-8-3-4-12(11-23)15-20-10-14(22-15)16(17,18)19/h5,7,10,12H,2-4,6,8-9,11H2,1H3,(H,20,22)/t12-/m1/s1. The summed E-state index contributed by atoms with van der Waals surface area (Å²) in [5, 5.41) is 4.26. The Kier molecular flexibility index (Phi) is 4.93. The lowest BCUT2D eigenvalue weighted by atomic mass is 9.97. The van der Waals surface area contributed by atoms with Crippen LogP contribution in [-0.4, -0.2) is 44.3 Å². The smallest absolute Gasteiger partial charge is 0.338 e. The van der Waals surface area contributed by atoms with Crippen LogP contribution in [0.3, 0.4) is 0 Å². The average molecular weight is 341 g/mol. The molecule has 3 heterocycles. The Hall–Kier alpha value is -1.83. The van der Waals surface area contributed by atoms with Crippen molar-refractivity contribution >= 4 is 0 Å². The van der Waals surface area contributed by atoms with Gasteiger partial charge in [0.15, 0.2) is 0 Å². The number of likely N-dealkylation sites (tertiary alicyclic amines) is 1. The van der Waals surface area contributed by atoms with Crippen LogP contribution in [0.2, 0.25) is 0 Å². The van der Waals surface area contributed by atoms with Gasteiger partial charge in [-0.25, -0.2) is 4.98 Å². The summed E-state index contributed by atoms with van der Waals surface area (Å²) in [6, 6.07) is 2.02. The third kappa shape index (κ3) is 3.80. The number of hydrogen-bond donors (Lipinski definition) is 1. The van der Waals surface area contributed by atoms with Gasteiger partial charge in [-0.3, -0.25) is 4.68 Å². The maximum atomic E-state index is 12.7. The van der Waals surface area contributed by atoms with Gasteiger partial charge in [0.05, 0.1) is 6.20 Å². The first-order valence-electron chi connectivity index (χ1n) is 8.32. The molecule has 0 aromatic carbocycles. The second-order valence-corrected chi connectivity index (χ2v) is 6.21. The molecule has 0 spiro atoms. The summed E-state index contributed by atoms with van der Waals surface area (Å²) in [5.41, 5.74) is 0.429. The fourth-order valence-corrected chi connectivity index (χ4v) is 3.30. The van der Waals surface area contributed by atoms with Crippen LogP contribution in [0.25, 0.3) is 0 Å². The minimum atomic E-state index is -4.36. The number of aryl methyl sites for hydroxylation is 1. The Morgan fingerprint density at radius 2 is 2.21 bits per heavy atom. The van der Waals surface area contributed by atoms with Crippen LogP contribution < -0.4 is 0 Å². The molecule has 3 rings (SSSR count). The number of hydrogen-bond acceptors (Lipinski definition) is 3. The van der Waals surface area contributed by atoms with E-state index in [-0.39, 0.29) is 5.92 Å². The van der Waals surface area contributed by atoms with Crippen LogP contribution in [0.5, 0.6) is 0 Å². The highest BCUT2D eigenvalue weighted by molar-refractivity contribution is 5.10. The number of nitrogens with zero attached hydrogens (tertiary/aromatic N) is 4. The van der Waals surface area contributed by atoms with Gasteiger partial charge in [-0.2, -0.15) is 18.3 Å². The number of H-pyrrole nitrogens is 1. The first-order chi connectivity index (χ1) is 11.5. The van der Waals surface area contributed by atoms with Crippen molar-refractivity contribution in [1.29, 1.82) is 0 Å². The molecule has 0 amide bonds. The fraction of sp³-hybridized carbons (Fsp3) is 0.625. The first kappa shape index (κ1) is 17.0. The molecule has 2 aromatic heterocycles. The largest absolute Gasteiger partial charge is 0.432 e. The summed E-state index contributed by atoms with van der Waals surface area (Å²) in [5.74, 6) is 0.483. The summed E-state index contributed by atoms with van der Waals surface area (Å²) in [4.78, 5) is 8.72. The molecular formula is C16H22F3N5. The molecule has 2 aromatic rings. The highest BCUT2D eigenvalue weighted by Gasteiger charge is 2.34. The maximum Gasteiger partial charge on any atom is 0.432 e. The highest BCUT2D eigenvalue weighted by Crippen LogP contribution is 2.31. The average Bonchev–Trinajstić information content (AvgIpc) is 3.21. The second-order valence-electron chi connectivity index (χ2n) is 6.21. The van der Waals surface area contributed by atoms with E-state index in [1.165, 1.54) is 5.69 Å². The van der Waals surface area contributed by atoms with Crippen LogP contribution in [0, 0.1) is 0 Å². The molecule has 0 aliphatic carbocycles. The molecule has 1 aliphatic heterocycles. The number of rotatable bonds is 5. The number of aromatic amines is 1. The summed E-state index contributed by atoms with van der Waals surface area (Å²) >= 11 is 0. The summed E-state index contributed by atoms with van der Waals surface area (Å²) in [6.07, 6.45) is 1.08. The number of halogens is 3. The number of alkyl halides is 3. The van der Waals surface area contributed by atoms with E-state index in [1.54, 1.807) is 6.20 Å². The Labute approximate surface area is 138 Å². The van der Waals surface area contributed by atoms with Gasteiger partial charge >= 0.3 is 6.18 Å². The Morgan fingerprint density at radius 1 is 1.38 bits per heavy atom. The molecular weight excluding hydrogens is 319 g/mol. The van der Waals surface area contributed by atoms with Gasteiger partial charge in [-0.1, -0.05) is 0 Å². The molecule has 1 saturated heterocycles. The maximum absolute atomic E-state index is 12.7. The zero-order chi connectivity index (χ0) is 17.2. The lowest BCUT2D eigenvalue weighted by molar-refractivity contribution is -0.141. The van der Waals surface area contributed by atoms with Crippen molar-refractivity contribution in [2.75, 3.05) is 19.6 Å². The van der Waals surface area contributed by atoms with Crippen LogP contribution in [-0.2, 0) is 19.1 Å². The lowest BCUT2D eigenvalue weighted by Crippen LogP contribution is -2.36. The van der Waals surface area contributed by atoms with Crippen LogP contribution >= 0.6 is 0 Å². The van der Waals surface area contributed by atoms with E-state index in [1.807, 2.05) is 10.7 Å². The normalized spacial score (nSPS) is 19.8. The van der Waals surface area contributed by atoms with Crippen molar-refractivity contribution < 1.29 is 13.2 Å². The van der Waals surface area contributed by atoms with Gasteiger partial charge in [0.25, 0.3) is 0 Å². The molecule has 0 unspecified atom stereocenters. The molecule has 1 N–H and O–H groups in total. The van der Waals surface area contributed by atoms with Gasteiger partial charge in [0.2, 0.25) is 0 Å².